The van der Waals surface area contributed by atoms with E-state index < -0.39 is 0 Å². The summed E-state index contributed by atoms with van der Waals surface area (Å²) in [6.07, 6.45) is 0.365. The van der Waals surface area contributed by atoms with Crippen LogP contribution in [0.5, 0.6) is 0 Å². The molecule has 0 spiro atoms. The molecule has 7 nitrogen and oxygen atoms in total. The quantitative estimate of drug-likeness (QED) is 0.813. The molecule has 2 aromatic rings. The van der Waals surface area contributed by atoms with Crippen LogP contribution in [0.2, 0.25) is 0 Å². The molecule has 3 atom stereocenters. The minimum absolute atomic E-state index is 0.0667. The Hall–Kier alpha value is -1.97. The Balaban J connectivity index is 1.40. The summed E-state index contributed by atoms with van der Waals surface area (Å²) in [6.45, 7) is 2.63. The first-order valence-corrected chi connectivity index (χ1v) is 10.1. The number of likely N-dealkylation sites (N-methyl/N-ethyl adjacent to an activating group) is 1. The van der Waals surface area contributed by atoms with Gasteiger partial charge in [0.2, 0.25) is 11.8 Å². The number of amides is 1. The Kier molecular flexibility index (Phi) is 5.42. The van der Waals surface area contributed by atoms with Crippen molar-refractivity contribution in [1.29, 1.82) is 0 Å². The molecule has 2 N–H and O–H groups in total. The molecule has 2 aliphatic rings. The molecular formula is C18H22FN5O2S. The lowest BCUT2D eigenvalue weighted by Crippen LogP contribution is -2.44. The predicted molar refractivity (Wildman–Crippen MR) is 99.8 cm³/mol. The standard InChI is InChI=1S/C18H22FN5O2S/c1-24-7-6-20-9-14(24)16-22-18(26-23-16)13-10-27-15(17(25)21-13)8-11-4-2-3-5-12(11)19/h2-5,13-15,20H,6-10H2,1H3,(H,21,25). The number of nitrogens with one attached hydrogen (secondary N) is 2. The summed E-state index contributed by atoms with van der Waals surface area (Å²) in [7, 11) is 2.03. The second-order valence-corrected chi connectivity index (χ2v) is 8.11. The number of hydrogen-bond acceptors (Lipinski definition) is 7. The van der Waals surface area contributed by atoms with E-state index in [1.54, 1.807) is 18.2 Å². The molecule has 2 aliphatic heterocycles. The highest BCUT2D eigenvalue weighted by molar-refractivity contribution is 8.00. The largest absolute Gasteiger partial charge is 0.343 e. The Labute approximate surface area is 161 Å². The van der Waals surface area contributed by atoms with Crippen LogP contribution >= 0.6 is 11.8 Å². The summed E-state index contributed by atoms with van der Waals surface area (Å²) in [4.78, 5) is 19.2. The number of benzene rings is 1. The number of carbonyl (C=O) groups excluding carboxylic acids is 1. The zero-order valence-corrected chi connectivity index (χ0v) is 15.8. The minimum Gasteiger partial charge on any atom is -0.343 e. The molecule has 3 unspecified atom stereocenters. The molecule has 2 saturated heterocycles. The molecule has 0 bridgehead atoms. The van der Waals surface area contributed by atoms with E-state index in [1.807, 2.05) is 7.05 Å². The molecule has 1 aromatic carbocycles. The van der Waals surface area contributed by atoms with Crippen LogP contribution in [-0.2, 0) is 11.2 Å². The minimum atomic E-state index is -0.325. The van der Waals surface area contributed by atoms with E-state index in [0.29, 0.717) is 29.5 Å². The Morgan fingerprint density at radius 2 is 2.26 bits per heavy atom. The van der Waals surface area contributed by atoms with E-state index in [4.69, 9.17) is 4.52 Å². The van der Waals surface area contributed by atoms with E-state index in [0.717, 1.165) is 19.6 Å². The van der Waals surface area contributed by atoms with Crippen molar-refractivity contribution in [1.82, 2.24) is 25.7 Å². The molecule has 0 radical (unpaired) electrons. The summed E-state index contributed by atoms with van der Waals surface area (Å²) in [5.41, 5.74) is 0.552. The summed E-state index contributed by atoms with van der Waals surface area (Å²) >= 11 is 1.49. The van der Waals surface area contributed by atoms with E-state index in [-0.39, 0.29) is 29.1 Å². The lowest BCUT2D eigenvalue weighted by atomic mass is 10.1. The van der Waals surface area contributed by atoms with Gasteiger partial charge in [-0.15, -0.1) is 11.8 Å². The molecule has 1 amide bonds. The van der Waals surface area contributed by atoms with Crippen molar-refractivity contribution in [2.24, 2.45) is 0 Å². The Morgan fingerprint density at radius 1 is 1.41 bits per heavy atom. The third kappa shape index (κ3) is 3.99. The Morgan fingerprint density at radius 3 is 3.04 bits per heavy atom. The van der Waals surface area contributed by atoms with Gasteiger partial charge in [-0.3, -0.25) is 9.69 Å². The van der Waals surface area contributed by atoms with Gasteiger partial charge < -0.3 is 15.2 Å². The van der Waals surface area contributed by atoms with Gasteiger partial charge in [0.15, 0.2) is 5.82 Å². The van der Waals surface area contributed by atoms with Crippen LogP contribution in [0.1, 0.15) is 29.4 Å². The smallest absolute Gasteiger partial charge is 0.250 e. The van der Waals surface area contributed by atoms with Crippen LogP contribution in [0.25, 0.3) is 0 Å². The molecule has 27 heavy (non-hydrogen) atoms. The first kappa shape index (κ1) is 18.4. The predicted octanol–water partition coefficient (Wildman–Crippen LogP) is 1.30. The molecular weight excluding hydrogens is 369 g/mol. The van der Waals surface area contributed by atoms with Crippen molar-refractivity contribution in [2.75, 3.05) is 32.4 Å². The molecule has 4 rings (SSSR count). The fraction of sp³-hybridized carbons (Fsp3) is 0.500. The number of carbonyl (C=O) groups is 1. The highest BCUT2D eigenvalue weighted by Gasteiger charge is 2.34. The number of halogens is 1. The highest BCUT2D eigenvalue weighted by atomic mass is 32.2. The topological polar surface area (TPSA) is 83.3 Å². The van der Waals surface area contributed by atoms with Gasteiger partial charge in [-0.1, -0.05) is 23.4 Å². The summed E-state index contributed by atoms with van der Waals surface area (Å²) < 4.78 is 19.3. The van der Waals surface area contributed by atoms with Crippen molar-refractivity contribution in [3.63, 3.8) is 0 Å². The number of thioether (sulfide) groups is 1. The lowest BCUT2D eigenvalue weighted by Gasteiger charge is -2.30. The molecule has 2 fully saturated rings. The monoisotopic (exact) mass is 391 g/mol. The maximum absolute atomic E-state index is 13.8. The van der Waals surface area contributed by atoms with E-state index in [1.165, 1.54) is 17.8 Å². The fourth-order valence-corrected chi connectivity index (χ4v) is 4.53. The van der Waals surface area contributed by atoms with Gasteiger partial charge >= 0.3 is 0 Å². The Bertz CT molecular complexity index is 817. The first-order valence-electron chi connectivity index (χ1n) is 9.01. The van der Waals surface area contributed by atoms with Crippen molar-refractivity contribution in [3.05, 3.63) is 47.4 Å². The van der Waals surface area contributed by atoms with Crippen molar-refractivity contribution >= 4 is 17.7 Å². The first-order chi connectivity index (χ1) is 13.1. The van der Waals surface area contributed by atoms with Crippen LogP contribution in [0.4, 0.5) is 4.39 Å². The van der Waals surface area contributed by atoms with Crippen LogP contribution < -0.4 is 10.6 Å². The maximum Gasteiger partial charge on any atom is 0.250 e. The molecule has 0 saturated carbocycles. The third-order valence-electron chi connectivity index (χ3n) is 5.00. The molecule has 0 aliphatic carbocycles. The SMILES string of the molecule is CN1CCNCC1c1noc(C2CSC(Cc3ccccc3F)C(=O)N2)n1. The average Bonchev–Trinajstić information content (AvgIpc) is 3.15. The third-order valence-corrected chi connectivity index (χ3v) is 6.31. The molecule has 3 heterocycles. The molecule has 9 heteroatoms. The average molecular weight is 391 g/mol. The summed E-state index contributed by atoms with van der Waals surface area (Å²) in [5.74, 6) is 1.27. The van der Waals surface area contributed by atoms with Crippen LogP contribution in [0.15, 0.2) is 28.8 Å². The molecule has 1 aromatic heterocycles. The summed E-state index contributed by atoms with van der Waals surface area (Å²) in [6, 6.07) is 6.31. The van der Waals surface area contributed by atoms with Crippen LogP contribution in [-0.4, -0.2) is 58.6 Å². The van der Waals surface area contributed by atoms with Gasteiger partial charge in [0, 0.05) is 25.4 Å². The zero-order chi connectivity index (χ0) is 18.8. The van der Waals surface area contributed by atoms with Gasteiger partial charge in [-0.2, -0.15) is 4.98 Å². The zero-order valence-electron chi connectivity index (χ0n) is 15.0. The van der Waals surface area contributed by atoms with E-state index >= 15 is 0 Å². The highest BCUT2D eigenvalue weighted by Crippen LogP contribution is 2.29. The van der Waals surface area contributed by atoms with Crippen molar-refractivity contribution in [2.45, 2.75) is 23.8 Å². The van der Waals surface area contributed by atoms with Crippen molar-refractivity contribution < 1.29 is 13.7 Å². The van der Waals surface area contributed by atoms with Gasteiger partial charge in [-0.25, -0.2) is 4.39 Å². The number of aromatic nitrogens is 2. The van der Waals surface area contributed by atoms with Gasteiger partial charge in [0.25, 0.3) is 0 Å². The maximum atomic E-state index is 13.8. The molecule has 144 valence electrons. The second-order valence-electron chi connectivity index (χ2n) is 6.87. The van der Waals surface area contributed by atoms with Crippen molar-refractivity contribution in [3.8, 4) is 0 Å². The number of hydrogen-bond donors (Lipinski definition) is 2. The van der Waals surface area contributed by atoms with Gasteiger partial charge in [0.1, 0.15) is 11.9 Å². The summed E-state index contributed by atoms with van der Waals surface area (Å²) in [5, 5.41) is 10.1. The van der Waals surface area contributed by atoms with E-state index in [9.17, 15) is 9.18 Å². The normalized spacial score (nSPS) is 26.7. The fourth-order valence-electron chi connectivity index (χ4n) is 3.36. The second kappa shape index (κ2) is 7.95. The number of nitrogens with zero attached hydrogens (tertiary/aromatic N) is 3. The lowest BCUT2D eigenvalue weighted by molar-refractivity contribution is -0.121. The van der Waals surface area contributed by atoms with Gasteiger partial charge in [-0.05, 0) is 25.1 Å². The number of rotatable bonds is 4. The van der Waals surface area contributed by atoms with E-state index in [2.05, 4.69) is 25.7 Å². The van der Waals surface area contributed by atoms with Gasteiger partial charge in [0.05, 0.1) is 11.3 Å². The van der Waals surface area contributed by atoms with Crippen LogP contribution in [0.3, 0.4) is 0 Å². The van der Waals surface area contributed by atoms with Crippen LogP contribution in [0, 0.1) is 5.82 Å². The number of piperazine rings is 1.